The number of rotatable bonds is 7. The Balaban J connectivity index is 1.20. The largest absolute Gasteiger partial charge is 0.492 e. The van der Waals surface area contributed by atoms with E-state index in [0.717, 1.165) is 51.6 Å². The van der Waals surface area contributed by atoms with Crippen molar-refractivity contribution in [2.45, 2.75) is 18.8 Å². The van der Waals surface area contributed by atoms with E-state index in [1.807, 2.05) is 12.1 Å². The van der Waals surface area contributed by atoms with E-state index in [9.17, 15) is 0 Å². The normalized spacial score (nSPS) is 23.1. The van der Waals surface area contributed by atoms with E-state index in [-0.39, 0.29) is 12.2 Å². The van der Waals surface area contributed by atoms with E-state index in [0.29, 0.717) is 12.2 Å². The van der Waals surface area contributed by atoms with Crippen LogP contribution in [0.4, 0.5) is 0 Å². The van der Waals surface area contributed by atoms with E-state index in [1.54, 1.807) is 12.1 Å². The van der Waals surface area contributed by atoms with Gasteiger partial charge in [-0.15, -0.1) is 0 Å². The van der Waals surface area contributed by atoms with E-state index >= 15 is 0 Å². The monoisotopic (exact) mass is 366 g/mol. The Kier molecular flexibility index (Phi) is 5.73. The molecule has 2 aliphatic heterocycles. The standard InChI is InChI=1S/C21H26N4O2/c22-13-18-3-5-19(6-4-18)26-12-11-25-16-20-14-24(15-21(17-25)27-20)10-9-23-7-1-2-8-23/h1-8,20-21H,9-12,14-17H2. The highest BCUT2D eigenvalue weighted by atomic mass is 16.5. The average molecular weight is 366 g/mol. The summed E-state index contributed by atoms with van der Waals surface area (Å²) in [6, 6.07) is 13.6. The molecular weight excluding hydrogens is 340 g/mol. The van der Waals surface area contributed by atoms with Crippen LogP contribution in [0.2, 0.25) is 0 Å². The van der Waals surface area contributed by atoms with Crippen LogP contribution >= 0.6 is 0 Å². The Hall–Kier alpha value is -2.33. The minimum absolute atomic E-state index is 0.289. The second-order valence-electron chi connectivity index (χ2n) is 7.30. The van der Waals surface area contributed by atoms with Gasteiger partial charge in [-0.05, 0) is 36.4 Å². The predicted octanol–water partition coefficient (Wildman–Crippen LogP) is 1.82. The average Bonchev–Trinajstić information content (AvgIpc) is 3.20. The Morgan fingerprint density at radius 1 is 0.926 bits per heavy atom. The lowest BCUT2D eigenvalue weighted by molar-refractivity contribution is -0.139. The molecule has 0 N–H and O–H groups in total. The molecular formula is C21H26N4O2. The van der Waals surface area contributed by atoms with Gasteiger partial charge in [0.25, 0.3) is 0 Å². The van der Waals surface area contributed by atoms with Crippen molar-refractivity contribution < 1.29 is 9.47 Å². The Morgan fingerprint density at radius 2 is 1.56 bits per heavy atom. The van der Waals surface area contributed by atoms with Crippen molar-refractivity contribution in [1.29, 1.82) is 5.26 Å². The summed E-state index contributed by atoms with van der Waals surface area (Å²) in [5.41, 5.74) is 0.657. The Bertz CT molecular complexity index is 739. The Labute approximate surface area is 160 Å². The third-order valence-electron chi connectivity index (χ3n) is 5.23. The highest BCUT2D eigenvalue weighted by molar-refractivity contribution is 5.34. The lowest BCUT2D eigenvalue weighted by Gasteiger charge is -2.45. The first kappa shape index (κ1) is 18.1. The van der Waals surface area contributed by atoms with Gasteiger partial charge in [0.2, 0.25) is 0 Å². The lowest BCUT2D eigenvalue weighted by Crippen LogP contribution is -2.60. The van der Waals surface area contributed by atoms with E-state index in [4.69, 9.17) is 14.7 Å². The molecule has 2 fully saturated rings. The first-order valence-electron chi connectivity index (χ1n) is 9.62. The maximum absolute atomic E-state index is 8.84. The van der Waals surface area contributed by atoms with Crippen LogP contribution in [0.5, 0.6) is 5.75 Å². The van der Waals surface area contributed by atoms with Crippen molar-refractivity contribution >= 4 is 0 Å². The molecule has 2 bridgehead atoms. The van der Waals surface area contributed by atoms with Gasteiger partial charge in [0.05, 0.1) is 23.8 Å². The molecule has 0 amide bonds. The number of nitriles is 1. The van der Waals surface area contributed by atoms with Gasteiger partial charge in [0, 0.05) is 58.2 Å². The number of benzene rings is 1. The Morgan fingerprint density at radius 3 is 2.19 bits per heavy atom. The smallest absolute Gasteiger partial charge is 0.119 e. The van der Waals surface area contributed by atoms with Crippen LogP contribution in [-0.2, 0) is 11.3 Å². The molecule has 4 rings (SSSR count). The molecule has 6 heteroatoms. The number of ether oxygens (including phenoxy) is 2. The van der Waals surface area contributed by atoms with Gasteiger partial charge < -0.3 is 14.0 Å². The van der Waals surface area contributed by atoms with Crippen molar-refractivity contribution in [2.24, 2.45) is 0 Å². The minimum atomic E-state index is 0.289. The molecule has 3 heterocycles. The summed E-state index contributed by atoms with van der Waals surface area (Å²) in [6.07, 6.45) is 4.82. The zero-order chi connectivity index (χ0) is 18.5. The lowest BCUT2D eigenvalue weighted by atomic mass is 10.1. The maximum atomic E-state index is 8.84. The van der Waals surface area contributed by atoms with Crippen molar-refractivity contribution in [1.82, 2.24) is 14.4 Å². The summed E-state index contributed by atoms with van der Waals surface area (Å²) in [4.78, 5) is 4.98. The SMILES string of the molecule is N#Cc1ccc(OCCN2CC3CN(CCn4cccc4)CC(C2)O3)cc1. The summed E-state index contributed by atoms with van der Waals surface area (Å²) in [7, 11) is 0. The molecule has 2 aromatic rings. The van der Waals surface area contributed by atoms with Crippen molar-refractivity contribution in [3.8, 4) is 11.8 Å². The molecule has 0 aliphatic carbocycles. The fourth-order valence-electron chi connectivity index (χ4n) is 3.92. The number of hydrogen-bond acceptors (Lipinski definition) is 5. The van der Waals surface area contributed by atoms with Gasteiger partial charge in [0.1, 0.15) is 12.4 Å². The van der Waals surface area contributed by atoms with Crippen LogP contribution < -0.4 is 4.74 Å². The predicted molar refractivity (Wildman–Crippen MR) is 103 cm³/mol. The van der Waals surface area contributed by atoms with E-state index in [2.05, 4.69) is 45.0 Å². The second-order valence-corrected chi connectivity index (χ2v) is 7.30. The number of morpholine rings is 2. The molecule has 2 saturated heterocycles. The molecule has 1 aromatic carbocycles. The van der Waals surface area contributed by atoms with Gasteiger partial charge in [-0.3, -0.25) is 9.80 Å². The molecule has 2 aliphatic rings. The van der Waals surface area contributed by atoms with Crippen LogP contribution in [0, 0.1) is 11.3 Å². The van der Waals surface area contributed by atoms with Crippen molar-refractivity contribution in [3.63, 3.8) is 0 Å². The van der Waals surface area contributed by atoms with Crippen LogP contribution in [-0.4, -0.2) is 72.5 Å². The van der Waals surface area contributed by atoms with Crippen LogP contribution in [0.3, 0.4) is 0 Å². The molecule has 0 saturated carbocycles. The van der Waals surface area contributed by atoms with Crippen molar-refractivity contribution in [2.75, 3.05) is 45.9 Å². The summed E-state index contributed by atoms with van der Waals surface area (Å²) in [6.45, 7) is 7.61. The fraction of sp³-hybridized carbons (Fsp3) is 0.476. The minimum Gasteiger partial charge on any atom is -0.492 e. The topological polar surface area (TPSA) is 53.7 Å². The molecule has 6 nitrogen and oxygen atoms in total. The third kappa shape index (κ3) is 4.89. The summed E-state index contributed by atoms with van der Waals surface area (Å²) < 4.78 is 14.2. The van der Waals surface area contributed by atoms with Crippen LogP contribution in [0.1, 0.15) is 5.56 Å². The zero-order valence-corrected chi connectivity index (χ0v) is 15.5. The quantitative estimate of drug-likeness (QED) is 0.748. The molecule has 2 atom stereocenters. The molecule has 2 unspecified atom stereocenters. The summed E-state index contributed by atoms with van der Waals surface area (Å²) >= 11 is 0. The van der Waals surface area contributed by atoms with Gasteiger partial charge in [-0.2, -0.15) is 5.26 Å². The van der Waals surface area contributed by atoms with Gasteiger partial charge in [0.15, 0.2) is 0 Å². The molecule has 0 spiro atoms. The maximum Gasteiger partial charge on any atom is 0.119 e. The fourth-order valence-corrected chi connectivity index (χ4v) is 3.92. The zero-order valence-electron chi connectivity index (χ0n) is 15.5. The molecule has 1 aromatic heterocycles. The van der Waals surface area contributed by atoms with Crippen molar-refractivity contribution in [3.05, 3.63) is 54.4 Å². The van der Waals surface area contributed by atoms with Gasteiger partial charge in [-0.25, -0.2) is 0 Å². The summed E-state index contributed by atoms with van der Waals surface area (Å²) in [5, 5.41) is 8.84. The van der Waals surface area contributed by atoms with E-state index in [1.165, 1.54) is 0 Å². The van der Waals surface area contributed by atoms with Crippen LogP contribution in [0.25, 0.3) is 0 Å². The van der Waals surface area contributed by atoms with E-state index < -0.39 is 0 Å². The first-order valence-corrected chi connectivity index (χ1v) is 9.62. The molecule has 0 radical (unpaired) electrons. The number of aromatic nitrogens is 1. The first-order chi connectivity index (χ1) is 13.3. The third-order valence-corrected chi connectivity index (χ3v) is 5.23. The molecule has 27 heavy (non-hydrogen) atoms. The van der Waals surface area contributed by atoms with Gasteiger partial charge in [-0.1, -0.05) is 0 Å². The highest BCUT2D eigenvalue weighted by Gasteiger charge is 2.34. The second kappa shape index (κ2) is 8.57. The van der Waals surface area contributed by atoms with Gasteiger partial charge >= 0.3 is 0 Å². The number of nitrogens with zero attached hydrogens (tertiary/aromatic N) is 4. The van der Waals surface area contributed by atoms with Crippen LogP contribution in [0.15, 0.2) is 48.8 Å². The highest BCUT2D eigenvalue weighted by Crippen LogP contribution is 2.19. The number of fused-ring (bicyclic) bond motifs is 2. The number of hydrogen-bond donors (Lipinski definition) is 0. The summed E-state index contributed by atoms with van der Waals surface area (Å²) in [5.74, 6) is 0.818. The molecule has 142 valence electrons.